The fraction of sp³-hybridized carbons (Fsp3) is 0.208. The summed E-state index contributed by atoms with van der Waals surface area (Å²) in [4.78, 5) is 24.7. The monoisotopic (exact) mass is 439 g/mol. The molecule has 3 aromatic rings. The van der Waals surface area contributed by atoms with Gasteiger partial charge in [-0.05, 0) is 42.3 Å². The number of aromatic nitrogens is 1. The highest BCUT2D eigenvalue weighted by Gasteiger charge is 2.17. The molecule has 0 saturated carbocycles. The molecular formula is C24H24ClN2O4+. The molecule has 2 aromatic carbocycles. The first-order valence-electron chi connectivity index (χ1n) is 9.72. The van der Waals surface area contributed by atoms with E-state index >= 15 is 0 Å². The van der Waals surface area contributed by atoms with Crippen LogP contribution in [0.5, 0.6) is 11.5 Å². The van der Waals surface area contributed by atoms with Crippen LogP contribution in [0.1, 0.15) is 38.3 Å². The lowest BCUT2D eigenvalue weighted by molar-refractivity contribution is -0.688. The van der Waals surface area contributed by atoms with Crippen molar-refractivity contribution in [3.8, 4) is 11.5 Å². The van der Waals surface area contributed by atoms with E-state index in [0.29, 0.717) is 40.6 Å². The fourth-order valence-electron chi connectivity index (χ4n) is 3.35. The first-order valence-corrected chi connectivity index (χ1v) is 10.1. The second-order valence-electron chi connectivity index (χ2n) is 7.04. The zero-order chi connectivity index (χ0) is 22.4. The largest absolute Gasteiger partial charge is 0.493 e. The minimum absolute atomic E-state index is 0.0629. The van der Waals surface area contributed by atoms with Crippen LogP contribution in [0.2, 0.25) is 5.02 Å². The molecular weight excluding hydrogens is 416 g/mol. The van der Waals surface area contributed by atoms with Crippen LogP contribution in [-0.4, -0.2) is 25.9 Å². The van der Waals surface area contributed by atoms with Crippen LogP contribution in [0.3, 0.4) is 0 Å². The highest BCUT2D eigenvalue weighted by molar-refractivity contribution is 6.30. The molecule has 0 saturated heterocycles. The molecule has 0 radical (unpaired) electrons. The van der Waals surface area contributed by atoms with E-state index in [1.807, 2.05) is 41.1 Å². The Morgan fingerprint density at radius 1 is 1.03 bits per heavy atom. The first kappa shape index (κ1) is 22.3. The normalized spacial score (nSPS) is 10.5. The van der Waals surface area contributed by atoms with Gasteiger partial charge in [-0.15, -0.1) is 0 Å². The maximum absolute atomic E-state index is 12.7. The average molecular weight is 440 g/mol. The Morgan fingerprint density at radius 3 is 2.48 bits per heavy atom. The van der Waals surface area contributed by atoms with Gasteiger partial charge in [-0.25, -0.2) is 0 Å². The molecule has 2 N–H and O–H groups in total. The maximum atomic E-state index is 12.7. The number of Topliss-reactive ketones (excluding diaryl/α,β-unsaturated/α-hetero) is 1. The summed E-state index contributed by atoms with van der Waals surface area (Å²) < 4.78 is 12.3. The van der Waals surface area contributed by atoms with E-state index in [1.165, 1.54) is 7.11 Å². The number of primary amides is 1. The smallest absolute Gasteiger partial charge is 0.255 e. The van der Waals surface area contributed by atoms with Gasteiger partial charge in [-0.3, -0.25) is 9.59 Å². The van der Waals surface area contributed by atoms with Crippen LogP contribution >= 0.6 is 11.6 Å². The third-order valence-corrected chi connectivity index (χ3v) is 5.19. The number of nitrogens with zero attached hydrogens (tertiary/aromatic N) is 1. The second kappa shape index (κ2) is 10.1. The average Bonchev–Trinajstić information content (AvgIpc) is 2.77. The number of aryl methyl sites for hydroxylation is 1. The predicted molar refractivity (Wildman–Crippen MR) is 118 cm³/mol. The molecule has 0 aliphatic heterocycles. The molecule has 0 spiro atoms. The number of hydrogen-bond acceptors (Lipinski definition) is 4. The maximum Gasteiger partial charge on any atom is 0.255 e. The SMILES string of the molecule is COc1ccc(C(=O)CCc2cc[n+](Cc3cccc(Cl)c3)cc2C(N)=O)cc1OC. The summed E-state index contributed by atoms with van der Waals surface area (Å²) in [6.45, 7) is 0.547. The van der Waals surface area contributed by atoms with Crippen molar-refractivity contribution in [3.63, 3.8) is 0 Å². The van der Waals surface area contributed by atoms with E-state index in [9.17, 15) is 9.59 Å². The Labute approximate surface area is 186 Å². The number of amides is 1. The number of benzene rings is 2. The van der Waals surface area contributed by atoms with Gasteiger partial charge < -0.3 is 15.2 Å². The van der Waals surface area contributed by atoms with Crippen molar-refractivity contribution < 1.29 is 23.6 Å². The number of pyridine rings is 1. The van der Waals surface area contributed by atoms with Crippen LogP contribution in [-0.2, 0) is 13.0 Å². The molecule has 160 valence electrons. The summed E-state index contributed by atoms with van der Waals surface area (Å²) in [6, 6.07) is 14.4. The highest BCUT2D eigenvalue weighted by Crippen LogP contribution is 2.28. The molecule has 0 aliphatic carbocycles. The predicted octanol–water partition coefficient (Wildman–Crippen LogP) is 3.61. The van der Waals surface area contributed by atoms with E-state index in [-0.39, 0.29) is 12.2 Å². The van der Waals surface area contributed by atoms with Gasteiger partial charge in [0, 0.05) is 28.6 Å². The number of hydrogen-bond donors (Lipinski definition) is 1. The number of methoxy groups -OCH3 is 2. The van der Waals surface area contributed by atoms with Crippen molar-refractivity contribution in [1.29, 1.82) is 0 Å². The summed E-state index contributed by atoms with van der Waals surface area (Å²) in [6.07, 6.45) is 4.19. The van der Waals surface area contributed by atoms with Gasteiger partial charge in [0.15, 0.2) is 36.2 Å². The lowest BCUT2D eigenvalue weighted by atomic mass is 9.99. The number of carbonyl (C=O) groups excluding carboxylic acids is 2. The molecule has 0 fully saturated rings. The summed E-state index contributed by atoms with van der Waals surface area (Å²) in [5.41, 5.74) is 8.24. The molecule has 6 nitrogen and oxygen atoms in total. The minimum atomic E-state index is -0.533. The molecule has 0 atom stereocenters. The third kappa shape index (κ3) is 5.61. The molecule has 1 heterocycles. The van der Waals surface area contributed by atoms with Gasteiger partial charge in [-0.2, -0.15) is 4.57 Å². The first-order chi connectivity index (χ1) is 14.9. The molecule has 31 heavy (non-hydrogen) atoms. The van der Waals surface area contributed by atoms with Crippen molar-refractivity contribution in [2.24, 2.45) is 5.73 Å². The standard InChI is InChI=1S/C24H23ClN2O4/c1-30-22-9-7-18(13-23(22)31-2)21(28)8-6-17-10-11-27(15-20(17)24(26)29)14-16-4-3-5-19(25)12-16/h3-5,7,9-13,15H,6,8,14H2,1-2H3,(H-,26,29)/p+1. The van der Waals surface area contributed by atoms with Crippen LogP contribution in [0, 0.1) is 0 Å². The molecule has 3 rings (SSSR count). The van der Waals surface area contributed by atoms with E-state index in [1.54, 1.807) is 31.5 Å². The fourth-order valence-corrected chi connectivity index (χ4v) is 3.57. The summed E-state index contributed by atoms with van der Waals surface area (Å²) in [5, 5.41) is 0.651. The van der Waals surface area contributed by atoms with Crippen molar-refractivity contribution in [1.82, 2.24) is 0 Å². The Kier molecular flexibility index (Phi) is 7.26. The number of ether oxygens (including phenoxy) is 2. The van der Waals surface area contributed by atoms with Crippen LogP contribution in [0.25, 0.3) is 0 Å². The summed E-state index contributed by atoms with van der Waals surface area (Å²) in [5.74, 6) is 0.455. The second-order valence-corrected chi connectivity index (χ2v) is 7.48. The number of carbonyl (C=O) groups is 2. The topological polar surface area (TPSA) is 82.5 Å². The Bertz CT molecular complexity index is 1110. The molecule has 1 amide bonds. The van der Waals surface area contributed by atoms with E-state index in [0.717, 1.165) is 11.1 Å². The van der Waals surface area contributed by atoms with Crippen molar-refractivity contribution in [2.75, 3.05) is 14.2 Å². The number of nitrogens with two attached hydrogens (primary N) is 1. The Balaban J connectivity index is 1.75. The van der Waals surface area contributed by atoms with Crippen LogP contribution in [0.15, 0.2) is 60.9 Å². The molecule has 7 heteroatoms. The molecule has 1 aromatic heterocycles. The molecule has 0 aliphatic rings. The zero-order valence-electron chi connectivity index (χ0n) is 17.4. The lowest BCUT2D eigenvalue weighted by Gasteiger charge is -2.10. The van der Waals surface area contributed by atoms with Crippen LogP contribution in [0.4, 0.5) is 0 Å². The quantitative estimate of drug-likeness (QED) is 0.408. The zero-order valence-corrected chi connectivity index (χ0v) is 18.2. The van der Waals surface area contributed by atoms with Crippen molar-refractivity contribution in [2.45, 2.75) is 19.4 Å². The third-order valence-electron chi connectivity index (χ3n) is 4.95. The van der Waals surface area contributed by atoms with Crippen molar-refractivity contribution >= 4 is 23.3 Å². The van der Waals surface area contributed by atoms with Gasteiger partial charge in [0.2, 0.25) is 0 Å². The number of rotatable bonds is 9. The number of ketones is 1. The Morgan fingerprint density at radius 2 is 1.81 bits per heavy atom. The number of halogens is 1. The van der Waals surface area contributed by atoms with E-state index < -0.39 is 5.91 Å². The van der Waals surface area contributed by atoms with E-state index in [2.05, 4.69) is 0 Å². The van der Waals surface area contributed by atoms with Gasteiger partial charge in [-0.1, -0.05) is 23.7 Å². The van der Waals surface area contributed by atoms with Gasteiger partial charge >= 0.3 is 0 Å². The van der Waals surface area contributed by atoms with Crippen LogP contribution < -0.4 is 19.8 Å². The Hall–Kier alpha value is -3.38. The lowest BCUT2D eigenvalue weighted by Crippen LogP contribution is -2.36. The van der Waals surface area contributed by atoms with E-state index in [4.69, 9.17) is 26.8 Å². The van der Waals surface area contributed by atoms with Gasteiger partial charge in [0.05, 0.1) is 14.2 Å². The molecule has 0 unspecified atom stereocenters. The van der Waals surface area contributed by atoms with Gasteiger partial charge in [0.25, 0.3) is 5.91 Å². The highest BCUT2D eigenvalue weighted by atomic mass is 35.5. The van der Waals surface area contributed by atoms with Gasteiger partial charge in [0.1, 0.15) is 5.56 Å². The molecule has 0 bridgehead atoms. The summed E-state index contributed by atoms with van der Waals surface area (Å²) >= 11 is 6.05. The summed E-state index contributed by atoms with van der Waals surface area (Å²) in [7, 11) is 3.06. The van der Waals surface area contributed by atoms with Crippen molar-refractivity contribution in [3.05, 3.63) is 88.2 Å². The minimum Gasteiger partial charge on any atom is -0.493 e.